The van der Waals surface area contributed by atoms with Crippen LogP contribution in [-0.2, 0) is 4.79 Å². The van der Waals surface area contributed by atoms with Crippen molar-refractivity contribution in [1.82, 2.24) is 5.32 Å². The van der Waals surface area contributed by atoms with Gasteiger partial charge in [-0.05, 0) is 19.3 Å². The Balaban J connectivity index is 3.58. The minimum Gasteiger partial charge on any atom is -0.352 e. The highest BCUT2D eigenvalue weighted by molar-refractivity contribution is 5.76. The Hall–Kier alpha value is -1.01. The van der Waals surface area contributed by atoms with Crippen molar-refractivity contribution in [2.75, 3.05) is 6.54 Å². The van der Waals surface area contributed by atoms with E-state index in [0.29, 0.717) is 13.0 Å². The largest absolute Gasteiger partial charge is 0.352 e. The minimum atomic E-state index is 0.0934. The van der Waals surface area contributed by atoms with Crippen LogP contribution in [0.4, 0.5) is 0 Å². The quantitative estimate of drug-likeness (QED) is 0.470. The van der Waals surface area contributed by atoms with Gasteiger partial charge in [-0.15, -0.1) is 12.3 Å². The molecule has 0 radical (unpaired) electrons. The summed E-state index contributed by atoms with van der Waals surface area (Å²) in [6.45, 7) is 2.60. The molecule has 3 nitrogen and oxygen atoms in total. The van der Waals surface area contributed by atoms with E-state index in [2.05, 4.69) is 18.2 Å². The summed E-state index contributed by atoms with van der Waals surface area (Å²) in [6.07, 6.45) is 10.2. The first-order valence-corrected chi connectivity index (χ1v) is 5.67. The summed E-state index contributed by atoms with van der Waals surface area (Å²) in [6, 6.07) is 0.134. The molecule has 0 saturated carbocycles. The number of nitrogens with one attached hydrogen (secondary N) is 1. The zero-order valence-corrected chi connectivity index (χ0v) is 9.59. The number of terminal acetylenes is 1. The average molecular weight is 210 g/mol. The highest BCUT2D eigenvalue weighted by Crippen LogP contribution is 2.00. The fourth-order valence-corrected chi connectivity index (χ4v) is 1.41. The van der Waals surface area contributed by atoms with Crippen LogP contribution in [0.3, 0.4) is 0 Å². The fourth-order valence-electron chi connectivity index (χ4n) is 1.41. The Labute approximate surface area is 92.8 Å². The van der Waals surface area contributed by atoms with Crippen molar-refractivity contribution < 1.29 is 4.79 Å². The zero-order chi connectivity index (χ0) is 11.5. The van der Waals surface area contributed by atoms with Crippen molar-refractivity contribution in [1.29, 1.82) is 0 Å². The molecular weight excluding hydrogens is 188 g/mol. The van der Waals surface area contributed by atoms with Crippen LogP contribution >= 0.6 is 0 Å². The normalized spacial score (nSPS) is 11.8. The number of hydrogen-bond acceptors (Lipinski definition) is 2. The van der Waals surface area contributed by atoms with Crippen LogP contribution in [0.25, 0.3) is 0 Å². The van der Waals surface area contributed by atoms with Gasteiger partial charge in [0.05, 0.1) is 0 Å². The Morgan fingerprint density at radius 1 is 1.53 bits per heavy atom. The number of nitrogens with two attached hydrogens (primary N) is 1. The number of carbonyl (C=O) groups excluding carboxylic acids is 1. The minimum absolute atomic E-state index is 0.0934. The smallest absolute Gasteiger partial charge is 0.220 e. The van der Waals surface area contributed by atoms with Crippen LogP contribution < -0.4 is 11.1 Å². The second-order valence-electron chi connectivity index (χ2n) is 3.70. The van der Waals surface area contributed by atoms with Crippen LogP contribution in [0.2, 0.25) is 0 Å². The van der Waals surface area contributed by atoms with E-state index < -0.39 is 0 Å². The molecule has 0 aliphatic heterocycles. The third-order valence-corrected chi connectivity index (χ3v) is 2.26. The molecule has 86 valence electrons. The van der Waals surface area contributed by atoms with Gasteiger partial charge in [0.25, 0.3) is 0 Å². The van der Waals surface area contributed by atoms with E-state index in [1.165, 1.54) is 0 Å². The Bertz CT molecular complexity index is 208. The summed E-state index contributed by atoms with van der Waals surface area (Å²) in [7, 11) is 0. The maximum absolute atomic E-state index is 11.4. The van der Waals surface area contributed by atoms with E-state index in [9.17, 15) is 4.79 Å². The van der Waals surface area contributed by atoms with Crippen LogP contribution in [0.1, 0.15) is 45.4 Å². The van der Waals surface area contributed by atoms with Gasteiger partial charge in [0, 0.05) is 25.4 Å². The molecule has 0 rings (SSSR count). The molecule has 0 heterocycles. The second kappa shape index (κ2) is 9.54. The molecule has 0 aromatic heterocycles. The van der Waals surface area contributed by atoms with E-state index in [-0.39, 0.29) is 11.9 Å². The van der Waals surface area contributed by atoms with Crippen molar-refractivity contribution in [2.24, 2.45) is 5.73 Å². The molecule has 0 saturated heterocycles. The van der Waals surface area contributed by atoms with Gasteiger partial charge >= 0.3 is 0 Å². The summed E-state index contributed by atoms with van der Waals surface area (Å²) < 4.78 is 0. The molecule has 0 aromatic rings. The first-order chi connectivity index (χ1) is 7.24. The van der Waals surface area contributed by atoms with Gasteiger partial charge in [0.2, 0.25) is 5.91 Å². The molecule has 3 N–H and O–H groups in total. The average Bonchev–Trinajstić information content (AvgIpc) is 2.24. The maximum Gasteiger partial charge on any atom is 0.220 e. The molecule has 15 heavy (non-hydrogen) atoms. The van der Waals surface area contributed by atoms with Gasteiger partial charge < -0.3 is 11.1 Å². The first-order valence-electron chi connectivity index (χ1n) is 5.67. The van der Waals surface area contributed by atoms with E-state index in [0.717, 1.165) is 32.1 Å². The Morgan fingerprint density at radius 2 is 2.27 bits per heavy atom. The summed E-state index contributed by atoms with van der Waals surface area (Å²) in [4.78, 5) is 11.4. The molecule has 1 amide bonds. The van der Waals surface area contributed by atoms with Gasteiger partial charge in [0.1, 0.15) is 0 Å². The molecular formula is C12H22N2O. The molecule has 1 atom stereocenters. The second-order valence-corrected chi connectivity index (χ2v) is 3.70. The molecule has 3 heteroatoms. The summed E-state index contributed by atoms with van der Waals surface area (Å²) in [5.41, 5.74) is 5.54. The topological polar surface area (TPSA) is 55.1 Å². The van der Waals surface area contributed by atoms with Crippen LogP contribution in [-0.4, -0.2) is 18.5 Å². The number of hydrogen-bond donors (Lipinski definition) is 2. The summed E-state index contributed by atoms with van der Waals surface area (Å²) >= 11 is 0. The molecule has 0 fully saturated rings. The van der Waals surface area contributed by atoms with Gasteiger partial charge in [-0.3, -0.25) is 4.79 Å². The van der Waals surface area contributed by atoms with Crippen molar-refractivity contribution in [3.8, 4) is 12.3 Å². The van der Waals surface area contributed by atoms with Gasteiger partial charge in [0.15, 0.2) is 0 Å². The molecule has 0 aromatic carbocycles. The standard InChI is InChI=1S/C12H22N2O/c1-3-5-6-7-9-12(15)14-11(10-13)8-4-2/h1,11H,4-10,13H2,2H3,(H,14,15). The number of rotatable bonds is 8. The van der Waals surface area contributed by atoms with E-state index in [1.54, 1.807) is 0 Å². The third kappa shape index (κ3) is 8.02. The van der Waals surface area contributed by atoms with Crippen LogP contribution in [0.5, 0.6) is 0 Å². The monoisotopic (exact) mass is 210 g/mol. The Morgan fingerprint density at radius 3 is 2.80 bits per heavy atom. The lowest BCUT2D eigenvalue weighted by Gasteiger charge is -2.15. The highest BCUT2D eigenvalue weighted by Gasteiger charge is 2.08. The van der Waals surface area contributed by atoms with Crippen molar-refractivity contribution >= 4 is 5.91 Å². The summed E-state index contributed by atoms with van der Waals surface area (Å²) in [5, 5.41) is 2.93. The maximum atomic E-state index is 11.4. The summed E-state index contributed by atoms with van der Waals surface area (Å²) in [5.74, 6) is 2.66. The predicted molar refractivity (Wildman–Crippen MR) is 63.2 cm³/mol. The van der Waals surface area contributed by atoms with Gasteiger partial charge in [-0.1, -0.05) is 13.3 Å². The number of unbranched alkanes of at least 4 members (excludes halogenated alkanes) is 2. The van der Waals surface area contributed by atoms with Crippen molar-refractivity contribution in [3.63, 3.8) is 0 Å². The van der Waals surface area contributed by atoms with Crippen LogP contribution in [0.15, 0.2) is 0 Å². The lowest BCUT2D eigenvalue weighted by Crippen LogP contribution is -2.39. The van der Waals surface area contributed by atoms with E-state index in [1.807, 2.05) is 0 Å². The molecule has 0 spiro atoms. The zero-order valence-electron chi connectivity index (χ0n) is 9.59. The van der Waals surface area contributed by atoms with Crippen molar-refractivity contribution in [3.05, 3.63) is 0 Å². The van der Waals surface area contributed by atoms with E-state index in [4.69, 9.17) is 12.2 Å². The Kier molecular flexibility index (Phi) is 8.90. The number of carbonyl (C=O) groups is 1. The third-order valence-electron chi connectivity index (χ3n) is 2.26. The molecule has 0 aliphatic rings. The van der Waals surface area contributed by atoms with Gasteiger partial charge in [-0.2, -0.15) is 0 Å². The van der Waals surface area contributed by atoms with Crippen molar-refractivity contribution in [2.45, 2.75) is 51.5 Å². The number of amides is 1. The highest BCUT2D eigenvalue weighted by atomic mass is 16.1. The lowest BCUT2D eigenvalue weighted by atomic mass is 10.1. The molecule has 0 aliphatic carbocycles. The lowest BCUT2D eigenvalue weighted by molar-refractivity contribution is -0.121. The fraction of sp³-hybridized carbons (Fsp3) is 0.750. The SMILES string of the molecule is C#CCCCCC(=O)NC(CN)CCC. The van der Waals surface area contributed by atoms with E-state index >= 15 is 0 Å². The van der Waals surface area contributed by atoms with Gasteiger partial charge in [-0.25, -0.2) is 0 Å². The molecule has 0 bridgehead atoms. The first kappa shape index (κ1) is 14.0. The van der Waals surface area contributed by atoms with Crippen LogP contribution in [0, 0.1) is 12.3 Å². The molecule has 1 unspecified atom stereocenters. The predicted octanol–water partition coefficient (Wildman–Crippen LogP) is 1.42.